The maximum Gasteiger partial charge on any atom is 0.338 e. The largest absolute Gasteiger partial charge is 0.466 e. The van der Waals surface area contributed by atoms with Crippen molar-refractivity contribution in [3.63, 3.8) is 0 Å². The molecule has 1 amide bonds. The fourth-order valence-electron chi connectivity index (χ4n) is 3.44. The minimum atomic E-state index is -0.504. The van der Waals surface area contributed by atoms with E-state index in [1.54, 1.807) is 11.8 Å². The van der Waals surface area contributed by atoms with Crippen molar-refractivity contribution < 1.29 is 14.3 Å². The lowest BCUT2D eigenvalue weighted by atomic mass is 9.85. The van der Waals surface area contributed by atoms with E-state index in [9.17, 15) is 9.59 Å². The highest BCUT2D eigenvalue weighted by atomic mass is 32.2. The standard InChI is InChI=1S/C21H26N2O3S/c1-7-15-18(24)23-17(13-8-10-14(11-9-13)21(3,4)5)16(19(25)26-6)12(2)22-20(23)27-15/h8-11,15,17H,7H2,1-6H3/t15-,17+/m1/s1. The number of benzene rings is 1. The maximum absolute atomic E-state index is 13.0. The summed E-state index contributed by atoms with van der Waals surface area (Å²) in [6, 6.07) is 7.63. The van der Waals surface area contributed by atoms with Gasteiger partial charge in [0.2, 0.25) is 5.91 Å². The fraction of sp³-hybridized carbons (Fsp3) is 0.476. The van der Waals surface area contributed by atoms with Gasteiger partial charge in [0.25, 0.3) is 0 Å². The molecular weight excluding hydrogens is 360 g/mol. The quantitative estimate of drug-likeness (QED) is 0.731. The predicted molar refractivity (Wildman–Crippen MR) is 109 cm³/mol. The van der Waals surface area contributed by atoms with Crippen LogP contribution in [0.25, 0.3) is 0 Å². The van der Waals surface area contributed by atoms with Crippen LogP contribution >= 0.6 is 11.8 Å². The summed E-state index contributed by atoms with van der Waals surface area (Å²) in [5.74, 6) is -0.446. The zero-order valence-corrected chi connectivity index (χ0v) is 17.5. The van der Waals surface area contributed by atoms with Gasteiger partial charge >= 0.3 is 5.97 Å². The Labute approximate surface area is 164 Å². The summed E-state index contributed by atoms with van der Waals surface area (Å²) in [4.78, 5) is 31.7. The van der Waals surface area contributed by atoms with Crippen molar-refractivity contribution in [1.82, 2.24) is 4.90 Å². The van der Waals surface area contributed by atoms with Gasteiger partial charge in [-0.1, -0.05) is 63.7 Å². The first-order valence-electron chi connectivity index (χ1n) is 9.17. The smallest absolute Gasteiger partial charge is 0.338 e. The molecule has 6 heteroatoms. The number of methoxy groups -OCH3 is 1. The van der Waals surface area contributed by atoms with Crippen LogP contribution in [-0.2, 0) is 19.7 Å². The van der Waals surface area contributed by atoms with Crippen molar-refractivity contribution in [1.29, 1.82) is 0 Å². The van der Waals surface area contributed by atoms with Gasteiger partial charge in [-0.2, -0.15) is 0 Å². The van der Waals surface area contributed by atoms with Crippen LogP contribution in [0.5, 0.6) is 0 Å². The summed E-state index contributed by atoms with van der Waals surface area (Å²) in [5.41, 5.74) is 3.15. The maximum atomic E-state index is 13.0. The van der Waals surface area contributed by atoms with Gasteiger partial charge in [0.05, 0.1) is 29.7 Å². The van der Waals surface area contributed by atoms with Crippen LogP contribution in [0.1, 0.15) is 58.2 Å². The summed E-state index contributed by atoms with van der Waals surface area (Å²) < 4.78 is 5.02. The van der Waals surface area contributed by atoms with E-state index in [0.29, 0.717) is 16.4 Å². The highest BCUT2D eigenvalue weighted by molar-refractivity contribution is 8.15. The van der Waals surface area contributed by atoms with Gasteiger partial charge in [-0.15, -0.1) is 0 Å². The van der Waals surface area contributed by atoms with Gasteiger partial charge in [-0.25, -0.2) is 9.79 Å². The number of esters is 1. The number of fused-ring (bicyclic) bond motifs is 1. The molecule has 1 aromatic carbocycles. The number of aliphatic imine (C=N–C) groups is 1. The van der Waals surface area contributed by atoms with Gasteiger partial charge in [0, 0.05) is 0 Å². The Balaban J connectivity index is 2.12. The van der Waals surface area contributed by atoms with Crippen LogP contribution in [0.2, 0.25) is 0 Å². The summed E-state index contributed by atoms with van der Waals surface area (Å²) in [6.07, 6.45) is 0.724. The zero-order valence-electron chi connectivity index (χ0n) is 16.7. The third-order valence-corrected chi connectivity index (χ3v) is 6.34. The van der Waals surface area contributed by atoms with Crippen LogP contribution in [0.3, 0.4) is 0 Å². The van der Waals surface area contributed by atoms with Gasteiger partial charge in [-0.05, 0) is 29.9 Å². The fourth-order valence-corrected chi connectivity index (χ4v) is 4.57. The van der Waals surface area contributed by atoms with E-state index in [1.807, 2.05) is 19.1 Å². The lowest BCUT2D eigenvalue weighted by Crippen LogP contribution is -2.40. The summed E-state index contributed by atoms with van der Waals surface area (Å²) in [6.45, 7) is 10.3. The van der Waals surface area contributed by atoms with Crippen molar-refractivity contribution in [3.8, 4) is 0 Å². The molecular formula is C21H26N2O3S. The average Bonchev–Trinajstić information content (AvgIpc) is 2.94. The van der Waals surface area contributed by atoms with E-state index in [-0.39, 0.29) is 16.6 Å². The first kappa shape index (κ1) is 19.7. The second-order valence-electron chi connectivity index (χ2n) is 7.88. The molecule has 2 aliphatic heterocycles. The van der Waals surface area contributed by atoms with Crippen LogP contribution in [0.4, 0.5) is 0 Å². The molecule has 0 unspecified atom stereocenters. The average molecular weight is 387 g/mol. The molecule has 0 N–H and O–H groups in total. The molecule has 5 nitrogen and oxygen atoms in total. The SMILES string of the molecule is CC[C@H]1SC2=NC(C)=C(C(=O)OC)[C@H](c3ccc(C(C)(C)C)cc3)N2C1=O. The van der Waals surface area contributed by atoms with E-state index in [4.69, 9.17) is 4.74 Å². The van der Waals surface area contributed by atoms with Gasteiger partial charge < -0.3 is 4.74 Å². The lowest BCUT2D eigenvalue weighted by molar-refractivity contribution is -0.137. The number of amidine groups is 1. The minimum absolute atomic E-state index is 0.0000472. The van der Waals surface area contributed by atoms with E-state index in [2.05, 4.69) is 37.9 Å². The third-order valence-electron chi connectivity index (χ3n) is 5.02. The van der Waals surface area contributed by atoms with Crippen molar-refractivity contribution in [2.45, 2.75) is 57.7 Å². The van der Waals surface area contributed by atoms with Crippen molar-refractivity contribution in [2.75, 3.05) is 7.11 Å². The molecule has 0 radical (unpaired) electrons. The number of amides is 1. The number of allylic oxidation sites excluding steroid dienone is 1. The Morgan fingerprint density at radius 1 is 1.26 bits per heavy atom. The second kappa shape index (κ2) is 7.15. The number of rotatable bonds is 3. The summed E-state index contributed by atoms with van der Waals surface area (Å²) >= 11 is 1.47. The van der Waals surface area contributed by atoms with Gasteiger partial charge in [0.1, 0.15) is 0 Å². The molecule has 27 heavy (non-hydrogen) atoms. The van der Waals surface area contributed by atoms with Gasteiger partial charge in [-0.3, -0.25) is 9.69 Å². The topological polar surface area (TPSA) is 59.0 Å². The van der Waals surface area contributed by atoms with E-state index in [1.165, 1.54) is 24.4 Å². The third kappa shape index (κ3) is 3.43. The summed E-state index contributed by atoms with van der Waals surface area (Å²) in [5, 5.41) is 0.506. The van der Waals surface area contributed by atoms with Crippen molar-refractivity contribution >= 4 is 28.8 Å². The normalized spacial score (nSPS) is 22.7. The lowest BCUT2D eigenvalue weighted by Gasteiger charge is -2.33. The number of hydrogen-bond acceptors (Lipinski definition) is 5. The van der Waals surface area contributed by atoms with Crippen LogP contribution in [0.15, 0.2) is 40.5 Å². The molecule has 0 bridgehead atoms. The molecule has 2 atom stereocenters. The predicted octanol–water partition coefficient (Wildman–Crippen LogP) is 4.20. The highest BCUT2D eigenvalue weighted by Gasteiger charge is 2.47. The van der Waals surface area contributed by atoms with Crippen molar-refractivity contribution in [2.24, 2.45) is 4.99 Å². The Morgan fingerprint density at radius 2 is 1.89 bits per heavy atom. The molecule has 2 aliphatic rings. The molecule has 1 aromatic rings. The van der Waals surface area contributed by atoms with Crippen LogP contribution < -0.4 is 0 Å². The van der Waals surface area contributed by atoms with Crippen LogP contribution in [0, 0.1) is 0 Å². The monoisotopic (exact) mass is 386 g/mol. The molecule has 3 rings (SSSR count). The van der Waals surface area contributed by atoms with E-state index in [0.717, 1.165) is 12.0 Å². The second-order valence-corrected chi connectivity index (χ2v) is 9.05. The molecule has 0 aromatic heterocycles. The molecule has 0 saturated carbocycles. The first-order valence-corrected chi connectivity index (χ1v) is 10.0. The first-order chi connectivity index (χ1) is 12.7. The zero-order chi connectivity index (χ0) is 19.9. The number of ether oxygens (including phenoxy) is 1. The Hall–Kier alpha value is -2.08. The Kier molecular flexibility index (Phi) is 5.21. The van der Waals surface area contributed by atoms with E-state index >= 15 is 0 Å². The van der Waals surface area contributed by atoms with E-state index < -0.39 is 12.0 Å². The van der Waals surface area contributed by atoms with Crippen molar-refractivity contribution in [3.05, 3.63) is 46.7 Å². The number of thioether (sulfide) groups is 1. The summed E-state index contributed by atoms with van der Waals surface area (Å²) in [7, 11) is 1.36. The Morgan fingerprint density at radius 3 is 2.41 bits per heavy atom. The van der Waals surface area contributed by atoms with Gasteiger partial charge in [0.15, 0.2) is 5.17 Å². The molecule has 2 heterocycles. The Bertz CT molecular complexity index is 834. The number of carbonyl (C=O) groups excluding carboxylic acids is 2. The van der Waals surface area contributed by atoms with Crippen LogP contribution in [-0.4, -0.2) is 34.3 Å². The molecule has 0 spiro atoms. The number of hydrogen-bond donors (Lipinski definition) is 0. The molecule has 1 saturated heterocycles. The molecule has 1 fully saturated rings. The highest BCUT2D eigenvalue weighted by Crippen LogP contribution is 2.44. The molecule has 0 aliphatic carbocycles. The molecule has 144 valence electrons. The number of carbonyl (C=O) groups is 2. The number of nitrogens with zero attached hydrogens (tertiary/aromatic N) is 2. The minimum Gasteiger partial charge on any atom is -0.466 e.